The molecule has 1 unspecified atom stereocenters. The van der Waals surface area contributed by atoms with E-state index in [9.17, 15) is 0 Å². The molecule has 0 radical (unpaired) electrons. The van der Waals surface area contributed by atoms with E-state index in [0.717, 1.165) is 31.1 Å². The minimum absolute atomic E-state index is 0.135. The number of nitrogens with one attached hydrogen (secondary N) is 1. The molecule has 1 atom stereocenters. The summed E-state index contributed by atoms with van der Waals surface area (Å²) in [5.74, 6) is 2.07. The smallest absolute Gasteiger partial charge is 0.130 e. The third-order valence-electron chi connectivity index (χ3n) is 3.57. The van der Waals surface area contributed by atoms with Crippen LogP contribution in [0.3, 0.4) is 0 Å². The lowest BCUT2D eigenvalue weighted by molar-refractivity contribution is 0.356. The Hall–Kier alpha value is -1.81. The summed E-state index contributed by atoms with van der Waals surface area (Å²) >= 11 is 0. The summed E-state index contributed by atoms with van der Waals surface area (Å²) in [5, 5.41) is 3.51. The molecule has 19 heavy (non-hydrogen) atoms. The van der Waals surface area contributed by atoms with Crippen molar-refractivity contribution < 1.29 is 4.74 Å². The minimum Gasteiger partial charge on any atom is -0.493 e. The molecule has 0 saturated heterocycles. The van der Waals surface area contributed by atoms with Crippen LogP contribution in [-0.2, 0) is 13.5 Å². The first-order chi connectivity index (χ1) is 9.29. The van der Waals surface area contributed by atoms with Crippen molar-refractivity contribution in [3.63, 3.8) is 0 Å². The number of rotatable bonds is 4. The molecular formula is C15H19N3O. The second kappa shape index (κ2) is 5.05. The van der Waals surface area contributed by atoms with Gasteiger partial charge in [-0.2, -0.15) is 0 Å². The number of aromatic nitrogens is 2. The van der Waals surface area contributed by atoms with Gasteiger partial charge < -0.3 is 14.6 Å². The Morgan fingerprint density at radius 3 is 3.11 bits per heavy atom. The van der Waals surface area contributed by atoms with Gasteiger partial charge in [-0.1, -0.05) is 13.0 Å². The van der Waals surface area contributed by atoms with Crippen LogP contribution in [0, 0.1) is 0 Å². The molecule has 0 aliphatic carbocycles. The zero-order valence-corrected chi connectivity index (χ0v) is 11.4. The Labute approximate surface area is 113 Å². The van der Waals surface area contributed by atoms with E-state index < -0.39 is 0 Å². The van der Waals surface area contributed by atoms with Gasteiger partial charge in [0.05, 0.1) is 12.6 Å². The highest BCUT2D eigenvalue weighted by molar-refractivity contribution is 5.42. The molecule has 0 bridgehead atoms. The molecule has 1 aliphatic rings. The molecule has 3 rings (SSSR count). The largest absolute Gasteiger partial charge is 0.493 e. The Balaban J connectivity index is 1.98. The predicted octanol–water partition coefficient (Wildman–Crippen LogP) is 2.05. The van der Waals surface area contributed by atoms with Gasteiger partial charge in [-0.25, -0.2) is 4.98 Å². The number of ether oxygens (including phenoxy) is 1. The number of hydrogen-bond acceptors (Lipinski definition) is 3. The lowest BCUT2D eigenvalue weighted by Gasteiger charge is -2.18. The quantitative estimate of drug-likeness (QED) is 0.911. The first kappa shape index (κ1) is 12.2. The van der Waals surface area contributed by atoms with Crippen LogP contribution >= 0.6 is 0 Å². The maximum atomic E-state index is 5.57. The van der Waals surface area contributed by atoms with Gasteiger partial charge in [0, 0.05) is 25.9 Å². The molecule has 100 valence electrons. The van der Waals surface area contributed by atoms with E-state index in [1.165, 1.54) is 11.1 Å². The highest BCUT2D eigenvalue weighted by atomic mass is 16.5. The van der Waals surface area contributed by atoms with Gasteiger partial charge in [0.1, 0.15) is 11.6 Å². The normalized spacial score (nSPS) is 15.1. The first-order valence-corrected chi connectivity index (χ1v) is 6.76. The van der Waals surface area contributed by atoms with Crippen molar-refractivity contribution in [2.75, 3.05) is 13.2 Å². The van der Waals surface area contributed by atoms with Crippen LogP contribution < -0.4 is 10.1 Å². The molecule has 4 heteroatoms. The van der Waals surface area contributed by atoms with Crippen LogP contribution in [0.5, 0.6) is 5.75 Å². The second-order valence-corrected chi connectivity index (χ2v) is 4.85. The van der Waals surface area contributed by atoms with E-state index in [1.54, 1.807) is 0 Å². The van der Waals surface area contributed by atoms with Crippen molar-refractivity contribution >= 4 is 0 Å². The summed E-state index contributed by atoms with van der Waals surface area (Å²) in [6.45, 7) is 3.82. The van der Waals surface area contributed by atoms with Gasteiger partial charge in [-0.15, -0.1) is 0 Å². The molecule has 0 saturated carbocycles. The van der Waals surface area contributed by atoms with Crippen molar-refractivity contribution in [3.05, 3.63) is 47.5 Å². The Bertz CT molecular complexity index is 577. The van der Waals surface area contributed by atoms with Crippen molar-refractivity contribution in [2.45, 2.75) is 19.4 Å². The standard InChI is InChI=1S/C15H19N3O/c1-3-16-14(15-17-7-8-18(15)2)12-4-5-13-11(10-12)6-9-19-13/h4-5,7-8,10,14,16H,3,6,9H2,1-2H3. The summed E-state index contributed by atoms with van der Waals surface area (Å²) in [7, 11) is 2.03. The molecule has 4 nitrogen and oxygen atoms in total. The molecular weight excluding hydrogens is 238 g/mol. The van der Waals surface area contributed by atoms with Gasteiger partial charge in [0.2, 0.25) is 0 Å². The SMILES string of the molecule is CCNC(c1ccc2c(c1)CCO2)c1nccn1C. The van der Waals surface area contributed by atoms with Gasteiger partial charge >= 0.3 is 0 Å². The molecule has 2 aromatic rings. The zero-order chi connectivity index (χ0) is 13.2. The molecule has 1 aromatic heterocycles. The molecule has 0 spiro atoms. The Morgan fingerprint density at radius 2 is 2.37 bits per heavy atom. The van der Waals surface area contributed by atoms with Crippen LogP contribution in [0.4, 0.5) is 0 Å². The lowest BCUT2D eigenvalue weighted by atomic mass is 10.0. The predicted molar refractivity (Wildman–Crippen MR) is 74.4 cm³/mol. The summed E-state index contributed by atoms with van der Waals surface area (Å²) in [5.41, 5.74) is 2.55. The summed E-state index contributed by atoms with van der Waals surface area (Å²) in [6, 6.07) is 6.58. The van der Waals surface area contributed by atoms with Crippen LogP contribution in [0.2, 0.25) is 0 Å². The van der Waals surface area contributed by atoms with Gasteiger partial charge in [-0.3, -0.25) is 0 Å². The van der Waals surface area contributed by atoms with Crippen molar-refractivity contribution in [1.29, 1.82) is 0 Å². The third-order valence-corrected chi connectivity index (χ3v) is 3.57. The van der Waals surface area contributed by atoms with E-state index in [4.69, 9.17) is 4.74 Å². The van der Waals surface area contributed by atoms with Gasteiger partial charge in [-0.05, 0) is 29.8 Å². The highest BCUT2D eigenvalue weighted by Gasteiger charge is 2.20. The fraction of sp³-hybridized carbons (Fsp3) is 0.400. The maximum Gasteiger partial charge on any atom is 0.130 e. The Morgan fingerprint density at radius 1 is 1.47 bits per heavy atom. The number of fused-ring (bicyclic) bond motifs is 1. The molecule has 0 amide bonds. The van der Waals surface area contributed by atoms with Crippen LogP contribution in [0.25, 0.3) is 0 Å². The third kappa shape index (κ3) is 2.24. The average Bonchev–Trinajstić information content (AvgIpc) is 3.03. The second-order valence-electron chi connectivity index (χ2n) is 4.85. The topological polar surface area (TPSA) is 39.1 Å². The molecule has 0 fully saturated rings. The summed E-state index contributed by atoms with van der Waals surface area (Å²) < 4.78 is 7.63. The van der Waals surface area contributed by atoms with Gasteiger partial charge in [0.25, 0.3) is 0 Å². The van der Waals surface area contributed by atoms with Crippen LogP contribution in [0.1, 0.15) is 29.9 Å². The number of benzene rings is 1. The van der Waals surface area contributed by atoms with E-state index in [-0.39, 0.29) is 6.04 Å². The summed E-state index contributed by atoms with van der Waals surface area (Å²) in [4.78, 5) is 4.47. The van der Waals surface area contributed by atoms with E-state index in [1.807, 2.05) is 19.4 Å². The van der Waals surface area contributed by atoms with E-state index in [2.05, 4.69) is 40.0 Å². The van der Waals surface area contributed by atoms with Crippen LogP contribution in [0.15, 0.2) is 30.6 Å². The fourth-order valence-corrected chi connectivity index (χ4v) is 2.60. The van der Waals surface area contributed by atoms with Crippen molar-refractivity contribution in [3.8, 4) is 5.75 Å². The monoisotopic (exact) mass is 257 g/mol. The number of aryl methyl sites for hydroxylation is 1. The number of hydrogen-bond donors (Lipinski definition) is 1. The Kier molecular flexibility index (Phi) is 3.25. The molecule has 1 N–H and O–H groups in total. The van der Waals surface area contributed by atoms with Crippen LogP contribution in [-0.4, -0.2) is 22.7 Å². The average molecular weight is 257 g/mol. The zero-order valence-electron chi connectivity index (χ0n) is 11.4. The molecule has 1 aromatic carbocycles. The van der Waals surface area contributed by atoms with Crippen molar-refractivity contribution in [2.24, 2.45) is 7.05 Å². The van der Waals surface area contributed by atoms with Crippen molar-refractivity contribution in [1.82, 2.24) is 14.9 Å². The maximum absolute atomic E-state index is 5.57. The van der Waals surface area contributed by atoms with E-state index >= 15 is 0 Å². The fourth-order valence-electron chi connectivity index (χ4n) is 2.60. The lowest BCUT2D eigenvalue weighted by Crippen LogP contribution is -2.24. The van der Waals surface area contributed by atoms with Gasteiger partial charge in [0.15, 0.2) is 0 Å². The number of nitrogens with zero attached hydrogens (tertiary/aromatic N) is 2. The molecule has 2 heterocycles. The minimum atomic E-state index is 0.135. The summed E-state index contributed by atoms with van der Waals surface area (Å²) in [6.07, 6.45) is 4.83. The number of imidazole rings is 1. The highest BCUT2D eigenvalue weighted by Crippen LogP contribution is 2.30. The first-order valence-electron chi connectivity index (χ1n) is 6.76. The molecule has 1 aliphatic heterocycles. The van der Waals surface area contributed by atoms with E-state index in [0.29, 0.717) is 0 Å².